The Morgan fingerprint density at radius 1 is 0.681 bits per heavy atom. The number of carbonyl (C=O) groups excluding carboxylic acids is 3. The molecule has 0 aromatic heterocycles. The summed E-state index contributed by atoms with van der Waals surface area (Å²) < 4.78 is 11.2. The van der Waals surface area contributed by atoms with Crippen molar-refractivity contribution in [2.24, 2.45) is 5.73 Å². The quantitative estimate of drug-likeness (QED) is 0.241. The van der Waals surface area contributed by atoms with Crippen molar-refractivity contribution in [1.29, 1.82) is 0 Å². The Bertz CT molecular complexity index is 1370. The lowest BCUT2D eigenvalue weighted by Gasteiger charge is -2.13. The van der Waals surface area contributed by atoms with Gasteiger partial charge in [-0.15, -0.1) is 11.8 Å². The molecule has 0 fully saturated rings. The van der Waals surface area contributed by atoms with Gasteiger partial charge < -0.3 is 30.6 Å². The second-order valence-corrected chi connectivity index (χ2v) is 12.0. The van der Waals surface area contributed by atoms with E-state index in [4.69, 9.17) is 15.2 Å². The highest BCUT2D eigenvalue weighted by atomic mass is 16.5. The molecular formula is C39H51N3O5. The average molecular weight is 642 g/mol. The summed E-state index contributed by atoms with van der Waals surface area (Å²) in [6.45, 7) is 3.24. The number of Topliss-reactive ketones (excluding diaryl/α,β-unsaturated/α-hetero) is 1. The van der Waals surface area contributed by atoms with Crippen LogP contribution in [0, 0.1) is 23.7 Å². The molecule has 0 saturated carbocycles. The third-order valence-electron chi connectivity index (χ3n) is 7.92. The number of hydrogen-bond donors (Lipinski definition) is 3. The number of ether oxygens (including phenoxy) is 2. The van der Waals surface area contributed by atoms with E-state index >= 15 is 0 Å². The predicted octanol–water partition coefficient (Wildman–Crippen LogP) is 5.29. The largest absolute Gasteiger partial charge is 0.356 e. The van der Waals surface area contributed by atoms with Crippen molar-refractivity contribution in [3.63, 3.8) is 0 Å². The smallest absolute Gasteiger partial charge is 0.246 e. The molecule has 2 unspecified atom stereocenters. The van der Waals surface area contributed by atoms with Crippen LogP contribution in [0.15, 0.2) is 48.5 Å². The van der Waals surface area contributed by atoms with Crippen LogP contribution >= 0.6 is 0 Å². The van der Waals surface area contributed by atoms with Crippen molar-refractivity contribution in [1.82, 2.24) is 10.6 Å². The zero-order valence-corrected chi connectivity index (χ0v) is 27.9. The minimum atomic E-state index is -0.121. The van der Waals surface area contributed by atoms with Crippen LogP contribution in [0.25, 0.3) is 0 Å². The summed E-state index contributed by atoms with van der Waals surface area (Å²) in [5, 5.41) is 5.73. The first-order valence-corrected chi connectivity index (χ1v) is 17.0. The fourth-order valence-electron chi connectivity index (χ4n) is 5.00. The molecule has 47 heavy (non-hydrogen) atoms. The van der Waals surface area contributed by atoms with Crippen LogP contribution in [-0.4, -0.2) is 43.0 Å². The number of aryl methyl sites for hydroxylation is 1. The summed E-state index contributed by atoms with van der Waals surface area (Å²) in [4.78, 5) is 34.8. The summed E-state index contributed by atoms with van der Waals surface area (Å²) in [5.74, 6) is 12.4. The fraction of sp³-hybridized carbons (Fsp3) is 0.513. The van der Waals surface area contributed by atoms with Crippen molar-refractivity contribution in [3.8, 4) is 23.7 Å². The SMILES string of the molecule is CC(=O)CCc1ccc(CNC(=O)COC2C#CCCCCC2)cc1.NCc1ccc(CNC(=O)COC2C#CCCCCC2)cc1. The Hall–Kier alpha value is -3.95. The molecule has 4 N–H and O–H groups in total. The maximum absolute atomic E-state index is 11.9. The van der Waals surface area contributed by atoms with E-state index < -0.39 is 0 Å². The molecule has 0 aliphatic heterocycles. The molecule has 4 rings (SSSR count). The molecule has 0 heterocycles. The van der Waals surface area contributed by atoms with Crippen LogP contribution in [0.5, 0.6) is 0 Å². The van der Waals surface area contributed by atoms with Crippen molar-refractivity contribution in [3.05, 3.63) is 70.8 Å². The highest BCUT2D eigenvalue weighted by molar-refractivity contribution is 5.77. The molecule has 0 saturated heterocycles. The second-order valence-electron chi connectivity index (χ2n) is 12.0. The van der Waals surface area contributed by atoms with E-state index in [2.05, 4.69) is 34.3 Å². The van der Waals surface area contributed by atoms with E-state index in [9.17, 15) is 14.4 Å². The van der Waals surface area contributed by atoms with Gasteiger partial charge in [-0.3, -0.25) is 9.59 Å². The van der Waals surface area contributed by atoms with Gasteiger partial charge in [0.15, 0.2) is 0 Å². The number of benzene rings is 2. The standard InChI is InChI=1S/C21H27NO3.C18H24N2O2/c1-17(23)9-10-18-11-13-19(14-12-18)15-22-21(24)16-25-20-7-5-3-2-4-6-8-20;19-12-15-8-10-16(11-9-15)13-20-18(21)14-22-17-6-4-2-1-3-5-7-17/h11-14,20H,2-5,7,9-10,15-16H2,1H3,(H,22,24);8-11,17H,1-4,6,12-14,19H2,(H,20,21). The van der Waals surface area contributed by atoms with Crippen LogP contribution in [0.1, 0.15) is 99.8 Å². The van der Waals surface area contributed by atoms with Gasteiger partial charge in [0.2, 0.25) is 11.8 Å². The minimum absolute atomic E-state index is 0.0516. The van der Waals surface area contributed by atoms with Crippen LogP contribution in [0.4, 0.5) is 0 Å². The molecular weight excluding hydrogens is 590 g/mol. The number of hydrogen-bond acceptors (Lipinski definition) is 6. The minimum Gasteiger partial charge on any atom is -0.356 e. The van der Waals surface area contributed by atoms with Crippen LogP contribution in [-0.2, 0) is 49.9 Å². The van der Waals surface area contributed by atoms with Crippen molar-refractivity contribution < 1.29 is 23.9 Å². The third kappa shape index (κ3) is 17.0. The van der Waals surface area contributed by atoms with Crippen LogP contribution < -0.4 is 16.4 Å². The summed E-state index contributed by atoms with van der Waals surface area (Å²) in [7, 11) is 0. The van der Waals surface area contributed by atoms with Crippen LogP contribution in [0.3, 0.4) is 0 Å². The van der Waals surface area contributed by atoms with E-state index in [1.807, 2.05) is 48.5 Å². The molecule has 2 atom stereocenters. The van der Waals surface area contributed by atoms with E-state index in [0.29, 0.717) is 26.1 Å². The highest BCUT2D eigenvalue weighted by Gasteiger charge is 2.11. The molecule has 2 aromatic rings. The first kappa shape index (κ1) is 37.5. The van der Waals surface area contributed by atoms with Gasteiger partial charge in [0.1, 0.15) is 31.2 Å². The van der Waals surface area contributed by atoms with Gasteiger partial charge in [-0.2, -0.15) is 0 Å². The first-order valence-electron chi connectivity index (χ1n) is 17.0. The summed E-state index contributed by atoms with van der Waals surface area (Å²) in [5.41, 5.74) is 9.86. The van der Waals surface area contributed by atoms with Gasteiger partial charge in [-0.25, -0.2) is 0 Å². The molecule has 8 heteroatoms. The maximum Gasteiger partial charge on any atom is 0.246 e. The Morgan fingerprint density at radius 3 is 1.57 bits per heavy atom. The topological polar surface area (TPSA) is 120 Å². The van der Waals surface area contributed by atoms with Crippen molar-refractivity contribution in [2.75, 3.05) is 13.2 Å². The predicted molar refractivity (Wildman–Crippen MR) is 185 cm³/mol. The summed E-state index contributed by atoms with van der Waals surface area (Å²) in [6, 6.07) is 15.9. The van der Waals surface area contributed by atoms with Gasteiger partial charge in [-0.05, 0) is 74.1 Å². The lowest BCUT2D eigenvalue weighted by Crippen LogP contribution is -2.29. The molecule has 252 valence electrons. The number of ketones is 1. The van der Waals surface area contributed by atoms with Gasteiger partial charge in [0, 0.05) is 38.9 Å². The van der Waals surface area contributed by atoms with Crippen LogP contribution in [0.2, 0.25) is 0 Å². The number of rotatable bonds is 14. The van der Waals surface area contributed by atoms with Gasteiger partial charge >= 0.3 is 0 Å². The van der Waals surface area contributed by atoms with Crippen molar-refractivity contribution >= 4 is 17.6 Å². The van der Waals surface area contributed by atoms with Gasteiger partial charge in [0.25, 0.3) is 0 Å². The lowest BCUT2D eigenvalue weighted by atomic mass is 10.1. The fourth-order valence-corrected chi connectivity index (χ4v) is 5.00. The maximum atomic E-state index is 11.9. The first-order chi connectivity index (χ1) is 22.9. The third-order valence-corrected chi connectivity index (χ3v) is 7.92. The van der Waals surface area contributed by atoms with E-state index in [-0.39, 0.29) is 43.0 Å². The highest BCUT2D eigenvalue weighted by Crippen LogP contribution is 2.12. The Labute approximate surface area is 280 Å². The zero-order chi connectivity index (χ0) is 33.5. The summed E-state index contributed by atoms with van der Waals surface area (Å²) in [6.07, 6.45) is 11.7. The van der Waals surface area contributed by atoms with E-state index in [1.165, 1.54) is 19.3 Å². The molecule has 2 aliphatic carbocycles. The van der Waals surface area contributed by atoms with Crippen molar-refractivity contribution in [2.45, 2.75) is 116 Å². The molecule has 0 radical (unpaired) electrons. The molecule has 0 spiro atoms. The Balaban J connectivity index is 0.000000257. The van der Waals surface area contributed by atoms with E-state index in [1.54, 1.807) is 6.92 Å². The second kappa shape index (κ2) is 22.6. The molecule has 2 aromatic carbocycles. The molecule has 2 aliphatic rings. The van der Waals surface area contributed by atoms with Gasteiger partial charge in [0.05, 0.1) is 0 Å². The zero-order valence-electron chi connectivity index (χ0n) is 27.9. The lowest BCUT2D eigenvalue weighted by molar-refractivity contribution is -0.127. The van der Waals surface area contributed by atoms with Gasteiger partial charge in [-0.1, -0.05) is 73.2 Å². The molecule has 0 bridgehead atoms. The number of nitrogens with one attached hydrogen (secondary N) is 2. The number of carbonyl (C=O) groups is 3. The molecule has 8 nitrogen and oxygen atoms in total. The van der Waals surface area contributed by atoms with E-state index in [0.717, 1.165) is 73.6 Å². The Morgan fingerprint density at radius 2 is 1.13 bits per heavy atom. The monoisotopic (exact) mass is 641 g/mol. The normalized spacial score (nSPS) is 17.3. The average Bonchev–Trinajstić information content (AvgIpc) is 3.05. The number of nitrogens with two attached hydrogens (primary N) is 1. The Kier molecular flexibility index (Phi) is 18.0. The molecule has 2 amide bonds. The summed E-state index contributed by atoms with van der Waals surface area (Å²) >= 11 is 0. The number of amides is 2.